The number of rotatable bonds is 4. The van der Waals surface area contributed by atoms with Crippen molar-refractivity contribution in [3.05, 3.63) is 0 Å². The molecule has 0 aromatic heterocycles. The van der Waals surface area contributed by atoms with Gasteiger partial charge in [-0.2, -0.15) is 13.2 Å². The van der Waals surface area contributed by atoms with Crippen LogP contribution < -0.4 is 5.32 Å². The summed E-state index contributed by atoms with van der Waals surface area (Å²) in [7, 11) is 0. The highest BCUT2D eigenvalue weighted by Gasteiger charge is 2.41. The molecule has 1 N–H and O–H groups in total. The Balaban J connectivity index is 1.62. The molecule has 0 aromatic carbocycles. The number of nitrogens with one attached hydrogen (secondary N) is 1. The van der Waals surface area contributed by atoms with E-state index in [9.17, 15) is 13.2 Å². The smallest absolute Gasteiger partial charge is 0.370 e. The van der Waals surface area contributed by atoms with Crippen LogP contribution >= 0.6 is 0 Å². The summed E-state index contributed by atoms with van der Waals surface area (Å²) in [5.41, 5.74) is 0.0797. The maximum atomic E-state index is 11.9. The Hall–Kier alpha value is -0.290. The largest absolute Gasteiger partial charge is 0.390 e. The fraction of sp³-hybridized carbons (Fsp3) is 1.00. The lowest BCUT2D eigenvalue weighted by atomic mass is 9.98. The minimum absolute atomic E-state index is 0.00361. The topological polar surface area (TPSA) is 21.3 Å². The van der Waals surface area contributed by atoms with E-state index >= 15 is 0 Å². The number of hydrogen-bond acceptors (Lipinski definition) is 2. The van der Waals surface area contributed by atoms with E-state index in [1.165, 1.54) is 12.8 Å². The van der Waals surface area contributed by atoms with Gasteiger partial charge in [0.2, 0.25) is 0 Å². The second-order valence-corrected chi connectivity index (χ2v) is 5.24. The van der Waals surface area contributed by atoms with Crippen LogP contribution in [0.5, 0.6) is 0 Å². The zero-order chi connectivity index (χ0) is 12.4. The average molecular weight is 251 g/mol. The van der Waals surface area contributed by atoms with Gasteiger partial charge in [-0.15, -0.1) is 0 Å². The van der Waals surface area contributed by atoms with E-state index in [-0.39, 0.29) is 18.2 Å². The number of halogens is 3. The molecule has 1 saturated carbocycles. The molecule has 2 rings (SSSR count). The van der Waals surface area contributed by atoms with Gasteiger partial charge in [-0.05, 0) is 25.7 Å². The molecule has 17 heavy (non-hydrogen) atoms. The Morgan fingerprint density at radius 1 is 1.18 bits per heavy atom. The molecule has 0 radical (unpaired) electrons. The van der Waals surface area contributed by atoms with Gasteiger partial charge < -0.3 is 10.1 Å². The van der Waals surface area contributed by atoms with Gasteiger partial charge in [0.15, 0.2) is 0 Å². The molecule has 1 aliphatic carbocycles. The molecule has 1 unspecified atom stereocenters. The lowest BCUT2D eigenvalue weighted by Gasteiger charge is -2.24. The summed E-state index contributed by atoms with van der Waals surface area (Å²) in [6, 6.07) is 0. The minimum atomic E-state index is -4.06. The van der Waals surface area contributed by atoms with Gasteiger partial charge in [-0.25, -0.2) is 0 Å². The first-order valence-corrected chi connectivity index (χ1v) is 6.44. The summed E-state index contributed by atoms with van der Waals surface area (Å²) >= 11 is 0. The summed E-state index contributed by atoms with van der Waals surface area (Å²) in [4.78, 5) is 0. The molecule has 1 aliphatic heterocycles. The Bertz CT molecular complexity index is 249. The molecule has 0 aromatic rings. The molecule has 0 bridgehead atoms. The monoisotopic (exact) mass is 251 g/mol. The number of ether oxygens (including phenoxy) is 1. The van der Waals surface area contributed by atoms with Crippen LogP contribution in [0.4, 0.5) is 13.2 Å². The highest BCUT2D eigenvalue weighted by atomic mass is 19.4. The lowest BCUT2D eigenvalue weighted by molar-refractivity contribution is -0.133. The van der Waals surface area contributed by atoms with Gasteiger partial charge >= 0.3 is 6.18 Å². The fourth-order valence-electron chi connectivity index (χ4n) is 2.92. The highest BCUT2D eigenvalue weighted by Crippen LogP contribution is 2.43. The Kier molecular flexibility index (Phi) is 3.98. The van der Waals surface area contributed by atoms with Crippen LogP contribution in [0.1, 0.15) is 44.9 Å². The van der Waals surface area contributed by atoms with Crippen molar-refractivity contribution in [3.8, 4) is 0 Å². The van der Waals surface area contributed by atoms with Crippen LogP contribution in [0.2, 0.25) is 0 Å². The van der Waals surface area contributed by atoms with Crippen molar-refractivity contribution in [2.24, 2.45) is 0 Å². The Labute approximate surface area is 99.9 Å². The third-order valence-electron chi connectivity index (χ3n) is 3.81. The SMILES string of the molecule is FC(F)(F)CCNCC1CCC2(CCCC2)O1. The van der Waals surface area contributed by atoms with E-state index in [0.717, 1.165) is 25.7 Å². The third kappa shape index (κ3) is 3.85. The summed E-state index contributed by atoms with van der Waals surface area (Å²) in [5.74, 6) is 0. The van der Waals surface area contributed by atoms with Crippen molar-refractivity contribution in [1.82, 2.24) is 5.32 Å². The highest BCUT2D eigenvalue weighted by molar-refractivity contribution is 4.93. The molecule has 5 heteroatoms. The first-order chi connectivity index (χ1) is 7.99. The predicted molar refractivity (Wildman–Crippen MR) is 58.8 cm³/mol. The van der Waals surface area contributed by atoms with Crippen molar-refractivity contribution >= 4 is 0 Å². The van der Waals surface area contributed by atoms with Gasteiger partial charge in [-0.3, -0.25) is 0 Å². The van der Waals surface area contributed by atoms with E-state index in [1.54, 1.807) is 0 Å². The normalized spacial score (nSPS) is 28.1. The Morgan fingerprint density at radius 3 is 2.53 bits per heavy atom. The van der Waals surface area contributed by atoms with Crippen LogP contribution in [-0.4, -0.2) is 31.0 Å². The van der Waals surface area contributed by atoms with Crippen molar-refractivity contribution in [2.75, 3.05) is 13.1 Å². The predicted octanol–water partition coefficient (Wildman–Crippen LogP) is 3.02. The van der Waals surface area contributed by atoms with Gasteiger partial charge in [-0.1, -0.05) is 12.8 Å². The minimum Gasteiger partial charge on any atom is -0.370 e. The Morgan fingerprint density at radius 2 is 1.88 bits per heavy atom. The second-order valence-electron chi connectivity index (χ2n) is 5.24. The maximum absolute atomic E-state index is 11.9. The average Bonchev–Trinajstić information content (AvgIpc) is 2.84. The number of hydrogen-bond donors (Lipinski definition) is 1. The summed E-state index contributed by atoms with van der Waals surface area (Å²) in [6.07, 6.45) is 2.08. The summed E-state index contributed by atoms with van der Waals surface area (Å²) in [5, 5.41) is 2.85. The van der Waals surface area contributed by atoms with E-state index in [1.807, 2.05) is 0 Å². The molecule has 1 atom stereocenters. The van der Waals surface area contributed by atoms with E-state index in [2.05, 4.69) is 5.32 Å². The standard InChI is InChI=1S/C12H20F3NO/c13-12(14,15)7-8-16-9-10-3-6-11(17-10)4-1-2-5-11/h10,16H,1-9H2. The first-order valence-electron chi connectivity index (χ1n) is 6.44. The summed E-state index contributed by atoms with van der Waals surface area (Å²) < 4.78 is 41.8. The molecular weight excluding hydrogens is 231 g/mol. The van der Waals surface area contributed by atoms with Crippen LogP contribution in [0.3, 0.4) is 0 Å². The number of alkyl halides is 3. The van der Waals surface area contributed by atoms with Crippen molar-refractivity contribution in [2.45, 2.75) is 62.8 Å². The molecule has 1 heterocycles. The summed E-state index contributed by atoms with van der Waals surface area (Å²) in [6.45, 7) is 0.550. The van der Waals surface area contributed by atoms with Crippen LogP contribution in [0.25, 0.3) is 0 Å². The fourth-order valence-corrected chi connectivity index (χ4v) is 2.92. The molecule has 2 aliphatic rings. The molecule has 2 fully saturated rings. The van der Waals surface area contributed by atoms with Crippen molar-refractivity contribution in [1.29, 1.82) is 0 Å². The van der Waals surface area contributed by atoms with Gasteiger partial charge in [0.05, 0.1) is 18.1 Å². The van der Waals surface area contributed by atoms with E-state index < -0.39 is 12.6 Å². The molecule has 2 nitrogen and oxygen atoms in total. The van der Waals surface area contributed by atoms with Crippen LogP contribution in [0, 0.1) is 0 Å². The van der Waals surface area contributed by atoms with Crippen molar-refractivity contribution in [3.63, 3.8) is 0 Å². The van der Waals surface area contributed by atoms with Gasteiger partial charge in [0.1, 0.15) is 0 Å². The zero-order valence-corrected chi connectivity index (χ0v) is 9.98. The first kappa shape index (κ1) is 13.1. The van der Waals surface area contributed by atoms with E-state index in [0.29, 0.717) is 6.54 Å². The van der Waals surface area contributed by atoms with Crippen molar-refractivity contribution < 1.29 is 17.9 Å². The third-order valence-corrected chi connectivity index (χ3v) is 3.81. The maximum Gasteiger partial charge on any atom is 0.390 e. The molecule has 1 saturated heterocycles. The van der Waals surface area contributed by atoms with E-state index in [4.69, 9.17) is 4.74 Å². The zero-order valence-electron chi connectivity index (χ0n) is 9.98. The lowest BCUT2D eigenvalue weighted by Crippen LogP contribution is -2.32. The quantitative estimate of drug-likeness (QED) is 0.775. The molecule has 1 spiro atoms. The van der Waals surface area contributed by atoms with Crippen LogP contribution in [0.15, 0.2) is 0 Å². The van der Waals surface area contributed by atoms with Gasteiger partial charge in [0.25, 0.3) is 0 Å². The molecule has 100 valence electrons. The van der Waals surface area contributed by atoms with Crippen LogP contribution in [-0.2, 0) is 4.74 Å². The second kappa shape index (κ2) is 5.14. The van der Waals surface area contributed by atoms with Gasteiger partial charge in [0, 0.05) is 13.1 Å². The molecular formula is C12H20F3NO. The molecule has 0 amide bonds.